The number of nitrogens with zero attached hydrogens (tertiary/aromatic N) is 5. The first kappa shape index (κ1) is 24.9. The molecule has 3 aromatic rings. The monoisotopic (exact) mass is 502 g/mol. The molecule has 10 heteroatoms. The molecule has 0 fully saturated rings. The first-order valence-electron chi connectivity index (χ1n) is 11.2. The van der Waals surface area contributed by atoms with E-state index in [2.05, 4.69) is 25.8 Å². The summed E-state index contributed by atoms with van der Waals surface area (Å²) in [6.07, 6.45) is 9.16. The average Bonchev–Trinajstić information content (AvgIpc) is 3.57. The summed E-state index contributed by atoms with van der Waals surface area (Å²) in [6.45, 7) is 1.49. The standard InChI is InChI=1S/C26H23ClN6O3/c1-17(34)19-6-4-18(5-7-19)13-25(35)23(15-22-3-2-12-28-22)30-26(36)11-8-20-14-21(27)9-10-24(20)33-16-29-31-32-33/h3-12,14,16,23H,2,13,15H2,1H3,(H,30,36)/b11-8+/t23-/m0/s1. The predicted octanol–water partition coefficient (Wildman–Crippen LogP) is 3.58. The molecule has 1 aliphatic rings. The molecule has 1 atom stereocenters. The molecule has 0 bridgehead atoms. The largest absolute Gasteiger partial charge is 0.342 e. The molecule has 0 unspecified atom stereocenters. The number of tetrazole rings is 1. The number of rotatable bonds is 10. The zero-order valence-corrected chi connectivity index (χ0v) is 20.2. The minimum atomic E-state index is -0.769. The van der Waals surface area contributed by atoms with Crippen LogP contribution in [0, 0.1) is 0 Å². The zero-order valence-electron chi connectivity index (χ0n) is 19.5. The Hall–Kier alpha value is -4.24. The smallest absolute Gasteiger partial charge is 0.244 e. The Balaban J connectivity index is 1.49. The van der Waals surface area contributed by atoms with Gasteiger partial charge >= 0.3 is 0 Å². The van der Waals surface area contributed by atoms with Crippen LogP contribution in [0.3, 0.4) is 0 Å². The lowest BCUT2D eigenvalue weighted by Gasteiger charge is -2.17. The lowest BCUT2D eigenvalue weighted by atomic mass is 9.98. The highest BCUT2D eigenvalue weighted by Crippen LogP contribution is 2.20. The van der Waals surface area contributed by atoms with Gasteiger partial charge in [-0.05, 0) is 47.2 Å². The highest BCUT2D eigenvalue weighted by atomic mass is 35.5. The molecule has 1 amide bonds. The maximum atomic E-state index is 13.2. The Labute approximate surface area is 212 Å². The molecule has 4 rings (SSSR count). The first-order chi connectivity index (χ1) is 17.4. The van der Waals surface area contributed by atoms with Gasteiger partial charge in [0.15, 0.2) is 11.6 Å². The van der Waals surface area contributed by atoms with Crippen molar-refractivity contribution in [3.63, 3.8) is 0 Å². The lowest BCUT2D eigenvalue weighted by Crippen LogP contribution is -2.41. The van der Waals surface area contributed by atoms with Gasteiger partial charge in [-0.25, -0.2) is 0 Å². The average molecular weight is 503 g/mol. The van der Waals surface area contributed by atoms with Gasteiger partial charge in [0, 0.05) is 53.4 Å². The number of ketones is 2. The van der Waals surface area contributed by atoms with Crippen molar-refractivity contribution in [2.45, 2.75) is 32.2 Å². The lowest BCUT2D eigenvalue weighted by molar-refractivity contribution is -0.125. The molecule has 0 saturated heterocycles. The van der Waals surface area contributed by atoms with E-state index < -0.39 is 11.9 Å². The van der Waals surface area contributed by atoms with Crippen molar-refractivity contribution in [2.75, 3.05) is 0 Å². The van der Waals surface area contributed by atoms with E-state index in [1.165, 1.54) is 24.0 Å². The summed E-state index contributed by atoms with van der Waals surface area (Å²) < 4.78 is 1.46. The summed E-state index contributed by atoms with van der Waals surface area (Å²) in [6, 6.07) is 11.2. The fraction of sp³-hybridized carbons (Fsp3) is 0.192. The van der Waals surface area contributed by atoms with Gasteiger partial charge in [0.2, 0.25) is 5.91 Å². The number of allylic oxidation sites excluding steroid dienone is 1. The predicted molar refractivity (Wildman–Crippen MR) is 136 cm³/mol. The highest BCUT2D eigenvalue weighted by molar-refractivity contribution is 6.30. The molecule has 0 radical (unpaired) electrons. The van der Waals surface area contributed by atoms with Crippen molar-refractivity contribution < 1.29 is 14.4 Å². The third kappa shape index (κ3) is 6.45. The molecule has 182 valence electrons. The van der Waals surface area contributed by atoms with Gasteiger partial charge in [0.1, 0.15) is 6.33 Å². The zero-order chi connectivity index (χ0) is 25.5. The van der Waals surface area contributed by atoms with E-state index in [1.54, 1.807) is 54.8 Å². The van der Waals surface area contributed by atoms with Crippen LogP contribution in [-0.4, -0.2) is 49.9 Å². The van der Waals surface area contributed by atoms with E-state index >= 15 is 0 Å². The molecule has 1 aliphatic heterocycles. The minimum absolute atomic E-state index is 0.0428. The van der Waals surface area contributed by atoms with Crippen molar-refractivity contribution in [3.8, 4) is 5.69 Å². The Morgan fingerprint density at radius 2 is 1.97 bits per heavy atom. The van der Waals surface area contributed by atoms with Crippen LogP contribution in [0.4, 0.5) is 0 Å². The first-order valence-corrected chi connectivity index (χ1v) is 11.6. The number of aliphatic imine (C=N–C) groups is 1. The van der Waals surface area contributed by atoms with Crippen molar-refractivity contribution in [2.24, 2.45) is 4.99 Å². The third-order valence-corrected chi connectivity index (χ3v) is 5.81. The van der Waals surface area contributed by atoms with Crippen LogP contribution in [0.5, 0.6) is 0 Å². The number of amides is 1. The molecular weight excluding hydrogens is 480 g/mol. The van der Waals surface area contributed by atoms with Gasteiger partial charge in [-0.15, -0.1) is 5.10 Å². The molecule has 1 aromatic heterocycles. The van der Waals surface area contributed by atoms with Gasteiger partial charge in [0.05, 0.1) is 11.7 Å². The number of nitrogens with one attached hydrogen (secondary N) is 1. The Bertz CT molecular complexity index is 1360. The second-order valence-electron chi connectivity index (χ2n) is 8.20. The molecule has 2 aromatic carbocycles. The Kier molecular flexibility index (Phi) is 7.92. The van der Waals surface area contributed by atoms with Gasteiger partial charge in [0.25, 0.3) is 0 Å². The van der Waals surface area contributed by atoms with E-state index in [0.717, 1.165) is 11.3 Å². The normalized spacial score (nSPS) is 13.6. The molecule has 0 saturated carbocycles. The van der Waals surface area contributed by atoms with Crippen LogP contribution in [0.1, 0.15) is 41.3 Å². The summed E-state index contributed by atoms with van der Waals surface area (Å²) in [4.78, 5) is 41.8. The van der Waals surface area contributed by atoms with E-state index in [4.69, 9.17) is 11.6 Å². The molecule has 1 N–H and O–H groups in total. The van der Waals surface area contributed by atoms with Gasteiger partial charge in [-0.3, -0.25) is 19.4 Å². The molecule has 9 nitrogen and oxygen atoms in total. The summed E-state index contributed by atoms with van der Waals surface area (Å²) in [5.41, 5.74) is 3.35. The Morgan fingerprint density at radius 3 is 2.64 bits per heavy atom. The Morgan fingerprint density at radius 1 is 1.17 bits per heavy atom. The van der Waals surface area contributed by atoms with E-state index in [9.17, 15) is 14.4 Å². The molecular formula is C26H23ClN6O3. The second kappa shape index (κ2) is 11.5. The van der Waals surface area contributed by atoms with Crippen LogP contribution >= 0.6 is 11.6 Å². The van der Waals surface area contributed by atoms with E-state index in [1.807, 2.05) is 6.08 Å². The molecule has 0 spiro atoms. The summed E-state index contributed by atoms with van der Waals surface area (Å²) in [5.74, 6) is -0.642. The van der Waals surface area contributed by atoms with Crippen LogP contribution < -0.4 is 5.32 Å². The summed E-state index contributed by atoms with van der Waals surface area (Å²) in [5, 5.41) is 14.5. The van der Waals surface area contributed by atoms with Crippen molar-refractivity contribution in [3.05, 3.63) is 88.4 Å². The second-order valence-corrected chi connectivity index (χ2v) is 8.63. The number of carbonyl (C=O) groups is 3. The summed E-state index contributed by atoms with van der Waals surface area (Å²) in [7, 11) is 0. The molecule has 36 heavy (non-hydrogen) atoms. The fourth-order valence-corrected chi connectivity index (χ4v) is 3.89. The van der Waals surface area contributed by atoms with Crippen molar-refractivity contribution >= 4 is 41.4 Å². The quantitative estimate of drug-likeness (QED) is 0.334. The number of hydrogen-bond donors (Lipinski definition) is 1. The summed E-state index contributed by atoms with van der Waals surface area (Å²) >= 11 is 6.14. The topological polar surface area (TPSA) is 119 Å². The molecule has 2 heterocycles. The van der Waals surface area contributed by atoms with Crippen molar-refractivity contribution in [1.82, 2.24) is 25.5 Å². The number of carbonyl (C=O) groups excluding carboxylic acids is 3. The van der Waals surface area contributed by atoms with Gasteiger partial charge < -0.3 is 5.32 Å². The SMILES string of the molecule is CC(=O)c1ccc(CC(=O)[C@H](CC2=CCC=N2)NC(=O)/C=C/c2cc(Cl)ccc2-n2cnnn2)cc1. The molecule has 0 aliphatic carbocycles. The number of aromatic nitrogens is 4. The maximum absolute atomic E-state index is 13.2. The van der Waals surface area contributed by atoms with E-state index in [0.29, 0.717) is 28.3 Å². The van der Waals surface area contributed by atoms with E-state index in [-0.39, 0.29) is 24.4 Å². The maximum Gasteiger partial charge on any atom is 0.244 e. The van der Waals surface area contributed by atoms with Crippen LogP contribution in [0.25, 0.3) is 11.8 Å². The third-order valence-electron chi connectivity index (χ3n) is 5.57. The van der Waals surface area contributed by atoms with Crippen LogP contribution in [-0.2, 0) is 16.0 Å². The number of Topliss-reactive ketones (excluding diaryl/α,β-unsaturated/α-hetero) is 2. The van der Waals surface area contributed by atoms with Crippen LogP contribution in [0.2, 0.25) is 5.02 Å². The minimum Gasteiger partial charge on any atom is -0.342 e. The highest BCUT2D eigenvalue weighted by Gasteiger charge is 2.22. The number of hydrogen-bond acceptors (Lipinski definition) is 7. The van der Waals surface area contributed by atoms with Crippen molar-refractivity contribution in [1.29, 1.82) is 0 Å². The van der Waals surface area contributed by atoms with Crippen LogP contribution in [0.15, 0.2) is 71.6 Å². The van der Waals surface area contributed by atoms with Gasteiger partial charge in [-0.2, -0.15) is 4.68 Å². The number of halogens is 1. The fourth-order valence-electron chi connectivity index (χ4n) is 3.71. The van der Waals surface area contributed by atoms with Gasteiger partial charge in [-0.1, -0.05) is 41.9 Å². The number of benzene rings is 2.